The van der Waals surface area contributed by atoms with E-state index in [1.807, 2.05) is 24.4 Å². The molecule has 0 bridgehead atoms. The van der Waals surface area contributed by atoms with Crippen LogP contribution in [-0.2, 0) is 9.59 Å². The van der Waals surface area contributed by atoms with Gasteiger partial charge in [-0.05, 0) is 24.6 Å². The number of aromatic amines is 1. The summed E-state index contributed by atoms with van der Waals surface area (Å²) in [5, 5.41) is 9.92. The highest BCUT2D eigenvalue weighted by Gasteiger charge is 2.20. The normalized spacial score (nSPS) is 11.6. The number of aromatic nitrogens is 2. The third-order valence-corrected chi connectivity index (χ3v) is 4.03. The lowest BCUT2D eigenvalue weighted by molar-refractivity contribution is -0.154. The topological polar surface area (TPSA) is 110 Å². The van der Waals surface area contributed by atoms with Crippen LogP contribution in [0.2, 0.25) is 0 Å². The lowest BCUT2D eigenvalue weighted by Gasteiger charge is -2.20. The molecule has 8 nitrogen and oxygen atoms in total. The molecule has 0 saturated heterocycles. The predicted octanol–water partition coefficient (Wildman–Crippen LogP) is 2.56. The van der Waals surface area contributed by atoms with Gasteiger partial charge in [0.15, 0.2) is 0 Å². The van der Waals surface area contributed by atoms with Gasteiger partial charge in [0.25, 0.3) is 0 Å². The number of hydroxylamine groups is 2. The first-order valence-corrected chi connectivity index (χ1v) is 8.69. The minimum atomic E-state index is -0.496. The maximum Gasteiger partial charge on any atom is 0.243 e. The monoisotopic (exact) mass is 359 g/mol. The van der Waals surface area contributed by atoms with Gasteiger partial charge in [0.05, 0.1) is 24.3 Å². The van der Waals surface area contributed by atoms with E-state index in [0.29, 0.717) is 23.6 Å². The number of H-pyrrole nitrogens is 1. The van der Waals surface area contributed by atoms with Gasteiger partial charge in [0.2, 0.25) is 12.3 Å². The molecule has 8 heteroatoms. The van der Waals surface area contributed by atoms with E-state index < -0.39 is 5.92 Å². The summed E-state index contributed by atoms with van der Waals surface area (Å²) in [6.07, 6.45) is 8.91. The molecule has 2 amide bonds. The standard InChI is InChI=1S/C18H25N5O3/c1-2-3-4-6-14(12-23(26)13-24)18(25)22-21-16-9-15(10-19-11-16)17-7-5-8-20-17/h5,7-11,13-14,20-21,26H,2-4,6,12H2,1H3,(H,22,25)/t14-/m1/s1. The van der Waals surface area contributed by atoms with Crippen molar-refractivity contribution in [3.8, 4) is 11.3 Å². The second-order valence-electron chi connectivity index (χ2n) is 6.08. The molecule has 0 saturated carbocycles. The van der Waals surface area contributed by atoms with Gasteiger partial charge in [0, 0.05) is 23.7 Å². The lowest BCUT2D eigenvalue weighted by Crippen LogP contribution is -2.40. The van der Waals surface area contributed by atoms with E-state index in [0.717, 1.165) is 30.5 Å². The molecular formula is C18H25N5O3. The SMILES string of the molecule is CCCCC[C@H](CN(O)C=O)C(=O)NNc1cncc(-c2ccc[nH]2)c1. The van der Waals surface area contributed by atoms with Crippen LogP contribution in [0.15, 0.2) is 36.8 Å². The van der Waals surface area contributed by atoms with E-state index in [-0.39, 0.29) is 12.5 Å². The van der Waals surface area contributed by atoms with Gasteiger partial charge >= 0.3 is 0 Å². The molecule has 0 radical (unpaired) electrons. The fourth-order valence-corrected chi connectivity index (χ4v) is 2.62. The van der Waals surface area contributed by atoms with Crippen molar-refractivity contribution in [3.63, 3.8) is 0 Å². The summed E-state index contributed by atoms with van der Waals surface area (Å²) in [7, 11) is 0. The molecule has 0 unspecified atom stereocenters. The van der Waals surface area contributed by atoms with Gasteiger partial charge in [-0.15, -0.1) is 0 Å². The van der Waals surface area contributed by atoms with Crippen molar-refractivity contribution in [3.05, 3.63) is 36.8 Å². The fraction of sp³-hybridized carbons (Fsp3) is 0.389. The number of carbonyl (C=O) groups excluding carboxylic acids is 2. The first kappa shape index (κ1) is 19.5. The number of hydrogen-bond acceptors (Lipinski definition) is 5. The van der Waals surface area contributed by atoms with E-state index in [4.69, 9.17) is 0 Å². The van der Waals surface area contributed by atoms with Crippen molar-refractivity contribution < 1.29 is 14.8 Å². The molecule has 0 aliphatic carbocycles. The maximum atomic E-state index is 12.4. The van der Waals surface area contributed by atoms with Crippen molar-refractivity contribution >= 4 is 18.0 Å². The lowest BCUT2D eigenvalue weighted by atomic mass is 10.0. The third-order valence-electron chi connectivity index (χ3n) is 4.03. The molecule has 2 heterocycles. The quantitative estimate of drug-likeness (QED) is 0.213. The number of amides is 2. The van der Waals surface area contributed by atoms with Crippen LogP contribution in [0.4, 0.5) is 5.69 Å². The van der Waals surface area contributed by atoms with Gasteiger partial charge in [-0.25, -0.2) is 5.06 Å². The minimum Gasteiger partial charge on any atom is -0.361 e. The first-order valence-electron chi connectivity index (χ1n) is 8.69. The van der Waals surface area contributed by atoms with Crippen LogP contribution in [0.1, 0.15) is 32.6 Å². The number of anilines is 1. The predicted molar refractivity (Wildman–Crippen MR) is 98.0 cm³/mol. The molecule has 1 atom stereocenters. The van der Waals surface area contributed by atoms with Crippen molar-refractivity contribution in [1.29, 1.82) is 0 Å². The van der Waals surface area contributed by atoms with E-state index >= 15 is 0 Å². The molecule has 4 N–H and O–H groups in total. The summed E-state index contributed by atoms with van der Waals surface area (Å²) in [5.41, 5.74) is 7.92. The molecule has 2 rings (SSSR count). The van der Waals surface area contributed by atoms with Gasteiger partial charge in [0.1, 0.15) is 0 Å². The molecule has 0 spiro atoms. The summed E-state index contributed by atoms with van der Waals surface area (Å²) in [6, 6.07) is 5.68. The van der Waals surface area contributed by atoms with Crippen LogP contribution in [0, 0.1) is 5.92 Å². The molecule has 2 aromatic heterocycles. The Morgan fingerprint density at radius 1 is 1.42 bits per heavy atom. The van der Waals surface area contributed by atoms with Gasteiger partial charge in [-0.2, -0.15) is 0 Å². The molecular weight excluding hydrogens is 334 g/mol. The molecule has 0 aliphatic rings. The van der Waals surface area contributed by atoms with Crippen LogP contribution in [0.3, 0.4) is 0 Å². The Morgan fingerprint density at radius 3 is 2.96 bits per heavy atom. The number of carbonyl (C=O) groups is 2. The summed E-state index contributed by atoms with van der Waals surface area (Å²) < 4.78 is 0. The Balaban J connectivity index is 1.95. The Bertz CT molecular complexity index is 690. The highest BCUT2D eigenvalue weighted by atomic mass is 16.5. The van der Waals surface area contributed by atoms with E-state index in [9.17, 15) is 14.8 Å². The summed E-state index contributed by atoms with van der Waals surface area (Å²) in [6.45, 7) is 2.03. The molecule has 0 aliphatic heterocycles. The molecule has 26 heavy (non-hydrogen) atoms. The number of unbranched alkanes of at least 4 members (excludes halogenated alkanes) is 2. The number of rotatable bonds is 11. The number of hydrogen-bond donors (Lipinski definition) is 4. The summed E-state index contributed by atoms with van der Waals surface area (Å²) in [5.74, 6) is -0.781. The number of nitrogens with zero attached hydrogens (tertiary/aromatic N) is 2. The number of hydrazine groups is 1. The van der Waals surface area contributed by atoms with Gasteiger partial charge in [-0.1, -0.05) is 26.2 Å². The van der Waals surface area contributed by atoms with Crippen molar-refractivity contribution in [2.75, 3.05) is 12.0 Å². The van der Waals surface area contributed by atoms with E-state index in [1.165, 1.54) is 0 Å². The average Bonchev–Trinajstić information content (AvgIpc) is 3.20. The van der Waals surface area contributed by atoms with Crippen LogP contribution in [0.5, 0.6) is 0 Å². The third kappa shape index (κ3) is 5.89. The maximum absolute atomic E-state index is 12.4. The van der Waals surface area contributed by atoms with Crippen LogP contribution < -0.4 is 10.9 Å². The van der Waals surface area contributed by atoms with Gasteiger partial charge < -0.3 is 4.98 Å². The highest BCUT2D eigenvalue weighted by Crippen LogP contribution is 2.19. The van der Waals surface area contributed by atoms with Crippen LogP contribution >= 0.6 is 0 Å². The average molecular weight is 359 g/mol. The number of nitrogens with one attached hydrogen (secondary N) is 3. The first-order chi connectivity index (χ1) is 12.6. The van der Waals surface area contributed by atoms with Gasteiger partial charge in [-0.3, -0.25) is 30.6 Å². The Hall–Kier alpha value is -2.87. The van der Waals surface area contributed by atoms with Crippen molar-refractivity contribution in [2.24, 2.45) is 5.92 Å². The van der Waals surface area contributed by atoms with E-state index in [2.05, 4.69) is 27.7 Å². The van der Waals surface area contributed by atoms with Crippen LogP contribution in [-0.4, -0.2) is 39.1 Å². The Labute approximate surface area is 152 Å². The Morgan fingerprint density at radius 2 is 2.27 bits per heavy atom. The zero-order valence-corrected chi connectivity index (χ0v) is 14.8. The molecule has 140 valence electrons. The molecule has 0 aromatic carbocycles. The smallest absolute Gasteiger partial charge is 0.243 e. The van der Waals surface area contributed by atoms with Crippen LogP contribution in [0.25, 0.3) is 11.3 Å². The second-order valence-corrected chi connectivity index (χ2v) is 6.08. The van der Waals surface area contributed by atoms with Crippen molar-refractivity contribution in [1.82, 2.24) is 20.5 Å². The number of pyridine rings is 1. The van der Waals surface area contributed by atoms with Crippen molar-refractivity contribution in [2.45, 2.75) is 32.6 Å². The second kappa shape index (κ2) is 10.2. The molecule has 2 aromatic rings. The zero-order chi connectivity index (χ0) is 18.8. The summed E-state index contributed by atoms with van der Waals surface area (Å²) in [4.78, 5) is 30.3. The Kier molecular flexibility index (Phi) is 7.63. The summed E-state index contributed by atoms with van der Waals surface area (Å²) >= 11 is 0. The fourth-order valence-electron chi connectivity index (χ4n) is 2.62. The zero-order valence-electron chi connectivity index (χ0n) is 14.8. The van der Waals surface area contributed by atoms with E-state index in [1.54, 1.807) is 12.4 Å². The molecule has 0 fully saturated rings. The minimum absolute atomic E-state index is 0.0402. The highest BCUT2D eigenvalue weighted by molar-refractivity contribution is 5.80. The largest absolute Gasteiger partial charge is 0.361 e.